The molecule has 2 N–H and O–H groups in total. The van der Waals surface area contributed by atoms with Crippen LogP contribution in [-0.4, -0.2) is 19.0 Å². The molecule has 0 fully saturated rings. The first-order chi connectivity index (χ1) is 7.72. The third-order valence-electron chi connectivity index (χ3n) is 1.87. The van der Waals surface area contributed by atoms with E-state index in [-0.39, 0.29) is 5.91 Å². The lowest BCUT2D eigenvalue weighted by Gasteiger charge is -2.03. The number of rotatable bonds is 6. The first kappa shape index (κ1) is 13.2. The van der Waals surface area contributed by atoms with Crippen molar-refractivity contribution in [3.8, 4) is 12.3 Å². The monoisotopic (exact) mass is 300 g/mol. The Bertz CT molecular complexity index is 384. The molecule has 0 bridgehead atoms. The summed E-state index contributed by atoms with van der Waals surface area (Å²) in [6.45, 7) is 1.74. The van der Waals surface area contributed by atoms with Gasteiger partial charge in [0.1, 0.15) is 0 Å². The van der Waals surface area contributed by atoms with Gasteiger partial charge in [0.15, 0.2) is 0 Å². The van der Waals surface area contributed by atoms with Crippen LogP contribution in [0.2, 0.25) is 0 Å². The highest BCUT2D eigenvalue weighted by molar-refractivity contribution is 9.11. The van der Waals surface area contributed by atoms with Gasteiger partial charge in [-0.15, -0.1) is 17.8 Å². The van der Waals surface area contributed by atoms with Crippen molar-refractivity contribution in [1.82, 2.24) is 10.6 Å². The van der Waals surface area contributed by atoms with Crippen LogP contribution in [-0.2, 0) is 11.3 Å². The summed E-state index contributed by atoms with van der Waals surface area (Å²) in [5.74, 6) is 2.34. The van der Waals surface area contributed by atoms with Crippen molar-refractivity contribution in [1.29, 1.82) is 0 Å². The fourth-order valence-electron chi connectivity index (χ4n) is 1.11. The van der Waals surface area contributed by atoms with Crippen molar-refractivity contribution in [2.45, 2.75) is 13.0 Å². The molecule has 1 aromatic heterocycles. The third-order valence-corrected chi connectivity index (χ3v) is 3.42. The molecule has 1 heterocycles. The molecule has 5 heteroatoms. The molecule has 0 aliphatic heterocycles. The van der Waals surface area contributed by atoms with E-state index in [9.17, 15) is 4.79 Å². The maximum atomic E-state index is 11.2. The third kappa shape index (κ3) is 5.31. The smallest absolute Gasteiger partial charge is 0.222 e. The van der Waals surface area contributed by atoms with Crippen LogP contribution in [0.15, 0.2) is 15.2 Å². The largest absolute Gasteiger partial charge is 0.345 e. The average molecular weight is 301 g/mol. The molecule has 0 atom stereocenters. The molecule has 0 saturated carbocycles. The van der Waals surface area contributed by atoms with Gasteiger partial charge in [-0.2, -0.15) is 0 Å². The highest BCUT2D eigenvalue weighted by Crippen LogP contribution is 2.20. The van der Waals surface area contributed by atoms with Gasteiger partial charge in [-0.05, 0) is 32.9 Å². The number of thiophene rings is 1. The summed E-state index contributed by atoms with van der Waals surface area (Å²) in [6.07, 6.45) is 5.48. The van der Waals surface area contributed by atoms with Crippen LogP contribution in [0.1, 0.15) is 12.0 Å². The van der Waals surface area contributed by atoms with E-state index >= 15 is 0 Å². The van der Waals surface area contributed by atoms with Crippen LogP contribution < -0.4 is 10.6 Å². The van der Waals surface area contributed by atoms with Crippen LogP contribution >= 0.6 is 27.3 Å². The van der Waals surface area contributed by atoms with Crippen molar-refractivity contribution >= 4 is 33.2 Å². The lowest BCUT2D eigenvalue weighted by molar-refractivity contribution is -0.120. The molecule has 1 aromatic rings. The van der Waals surface area contributed by atoms with Gasteiger partial charge in [0, 0.05) is 19.5 Å². The molecule has 1 amide bonds. The highest BCUT2D eigenvalue weighted by Gasteiger charge is 2.00. The molecule has 0 radical (unpaired) electrons. The number of carbonyl (C=O) groups excluding carboxylic acids is 1. The van der Waals surface area contributed by atoms with Gasteiger partial charge in [0.2, 0.25) is 5.91 Å². The van der Waals surface area contributed by atoms with Crippen molar-refractivity contribution in [2.24, 2.45) is 0 Å². The Balaban J connectivity index is 2.08. The molecule has 86 valence electrons. The van der Waals surface area contributed by atoms with E-state index in [2.05, 4.69) is 43.9 Å². The zero-order valence-electron chi connectivity index (χ0n) is 8.75. The summed E-state index contributed by atoms with van der Waals surface area (Å²) in [6, 6.07) is 2.07. The number of halogens is 1. The predicted octanol–water partition coefficient (Wildman–Crippen LogP) is 1.74. The van der Waals surface area contributed by atoms with Crippen LogP contribution in [0.5, 0.6) is 0 Å². The normalized spacial score (nSPS) is 9.75. The van der Waals surface area contributed by atoms with Gasteiger partial charge >= 0.3 is 0 Å². The minimum atomic E-state index is -0.0167. The fourth-order valence-corrected chi connectivity index (χ4v) is 2.32. The van der Waals surface area contributed by atoms with E-state index in [0.29, 0.717) is 19.5 Å². The predicted molar refractivity (Wildman–Crippen MR) is 70.2 cm³/mol. The van der Waals surface area contributed by atoms with E-state index in [1.165, 1.54) is 5.56 Å². The Labute approximate surface area is 108 Å². The molecule has 3 nitrogen and oxygen atoms in total. The van der Waals surface area contributed by atoms with Crippen LogP contribution in [0.4, 0.5) is 0 Å². The topological polar surface area (TPSA) is 41.1 Å². The Kier molecular flexibility index (Phi) is 6.16. The number of amides is 1. The molecule has 1 rings (SSSR count). The van der Waals surface area contributed by atoms with Crippen LogP contribution in [0.3, 0.4) is 0 Å². The quantitative estimate of drug-likeness (QED) is 0.621. The molecule has 0 aliphatic rings. The number of carbonyl (C=O) groups is 1. The van der Waals surface area contributed by atoms with Crippen LogP contribution in [0.25, 0.3) is 0 Å². The zero-order chi connectivity index (χ0) is 11.8. The minimum absolute atomic E-state index is 0.0167. The number of nitrogens with one attached hydrogen (secondary N) is 2. The lowest BCUT2D eigenvalue weighted by Crippen LogP contribution is -2.27. The zero-order valence-corrected chi connectivity index (χ0v) is 11.2. The van der Waals surface area contributed by atoms with Crippen molar-refractivity contribution in [3.63, 3.8) is 0 Å². The molecule has 0 saturated heterocycles. The van der Waals surface area contributed by atoms with E-state index in [4.69, 9.17) is 6.42 Å². The molecule has 0 spiro atoms. The standard InChI is InChI=1S/C11H13BrN2OS/c1-2-4-14-11(15)3-5-13-7-9-6-10(12)16-8-9/h1,6,8,13H,3-5,7H2,(H,14,15). The Morgan fingerprint density at radius 2 is 2.44 bits per heavy atom. The fraction of sp³-hybridized carbons (Fsp3) is 0.364. The second-order valence-electron chi connectivity index (χ2n) is 3.17. The van der Waals surface area contributed by atoms with E-state index in [1.807, 2.05) is 0 Å². The number of hydrogen-bond acceptors (Lipinski definition) is 3. The van der Waals surface area contributed by atoms with E-state index < -0.39 is 0 Å². The highest BCUT2D eigenvalue weighted by atomic mass is 79.9. The van der Waals surface area contributed by atoms with Crippen molar-refractivity contribution in [3.05, 3.63) is 20.8 Å². The second-order valence-corrected chi connectivity index (χ2v) is 5.46. The summed E-state index contributed by atoms with van der Waals surface area (Å²) < 4.78 is 1.12. The molecule has 0 aliphatic carbocycles. The molecular formula is C11H13BrN2OS. The maximum Gasteiger partial charge on any atom is 0.222 e. The lowest BCUT2D eigenvalue weighted by atomic mass is 10.3. The Hall–Kier alpha value is -0.830. The van der Waals surface area contributed by atoms with Gasteiger partial charge in [0.05, 0.1) is 10.3 Å². The molecule has 0 aromatic carbocycles. The maximum absolute atomic E-state index is 11.2. The Morgan fingerprint density at radius 3 is 3.06 bits per heavy atom. The molecular weight excluding hydrogens is 288 g/mol. The molecule has 16 heavy (non-hydrogen) atoms. The first-order valence-electron chi connectivity index (χ1n) is 4.86. The summed E-state index contributed by atoms with van der Waals surface area (Å²) in [7, 11) is 0. The van der Waals surface area contributed by atoms with Gasteiger partial charge in [-0.3, -0.25) is 4.79 Å². The van der Waals surface area contributed by atoms with Gasteiger partial charge in [0.25, 0.3) is 0 Å². The van der Waals surface area contributed by atoms with Gasteiger partial charge in [-0.25, -0.2) is 0 Å². The van der Waals surface area contributed by atoms with E-state index in [1.54, 1.807) is 11.3 Å². The summed E-state index contributed by atoms with van der Waals surface area (Å²) >= 11 is 5.06. The minimum Gasteiger partial charge on any atom is -0.345 e. The van der Waals surface area contributed by atoms with Crippen LogP contribution in [0, 0.1) is 12.3 Å². The second kappa shape index (κ2) is 7.44. The SMILES string of the molecule is C#CCNC(=O)CCNCc1csc(Br)c1. The summed E-state index contributed by atoms with van der Waals surface area (Å²) in [5, 5.41) is 7.89. The Morgan fingerprint density at radius 1 is 1.62 bits per heavy atom. The number of terminal acetylenes is 1. The van der Waals surface area contributed by atoms with Gasteiger partial charge in [-0.1, -0.05) is 5.92 Å². The first-order valence-corrected chi connectivity index (χ1v) is 6.53. The number of hydrogen-bond donors (Lipinski definition) is 2. The summed E-state index contributed by atoms with van der Waals surface area (Å²) in [4.78, 5) is 11.2. The summed E-state index contributed by atoms with van der Waals surface area (Å²) in [5.41, 5.74) is 1.22. The molecule has 0 unspecified atom stereocenters. The van der Waals surface area contributed by atoms with Gasteiger partial charge < -0.3 is 10.6 Å². The average Bonchev–Trinajstić information content (AvgIpc) is 2.67. The van der Waals surface area contributed by atoms with E-state index in [0.717, 1.165) is 10.3 Å². The van der Waals surface area contributed by atoms with Crippen molar-refractivity contribution in [2.75, 3.05) is 13.1 Å². The van der Waals surface area contributed by atoms with Crippen molar-refractivity contribution < 1.29 is 4.79 Å².